The van der Waals surface area contributed by atoms with E-state index in [4.69, 9.17) is 0 Å². The average molecular weight is 252 g/mol. The van der Waals surface area contributed by atoms with E-state index in [1.54, 1.807) is 24.5 Å². The average Bonchev–Trinajstić information content (AvgIpc) is 2.88. The van der Waals surface area contributed by atoms with Crippen LogP contribution in [0, 0.1) is 0 Å². The first-order chi connectivity index (χ1) is 9.33. The molecule has 0 aliphatic heterocycles. The summed E-state index contributed by atoms with van der Waals surface area (Å²) < 4.78 is 1.92. The highest BCUT2D eigenvalue weighted by Gasteiger charge is 2.06. The second-order valence-electron chi connectivity index (χ2n) is 4.12. The van der Waals surface area contributed by atoms with Crippen molar-refractivity contribution in [1.29, 1.82) is 0 Å². The van der Waals surface area contributed by atoms with Crippen LogP contribution in [-0.4, -0.2) is 20.3 Å². The lowest BCUT2D eigenvalue weighted by Gasteiger charge is -2.02. The van der Waals surface area contributed by atoms with Crippen LogP contribution in [0.3, 0.4) is 0 Å². The Morgan fingerprint density at radius 1 is 1.21 bits per heavy atom. The number of rotatable bonds is 3. The van der Waals surface area contributed by atoms with Gasteiger partial charge in [0.15, 0.2) is 0 Å². The molecule has 5 heteroatoms. The van der Waals surface area contributed by atoms with Gasteiger partial charge in [0, 0.05) is 30.4 Å². The van der Waals surface area contributed by atoms with Gasteiger partial charge in [0.1, 0.15) is 5.65 Å². The zero-order valence-corrected chi connectivity index (χ0v) is 10.2. The van der Waals surface area contributed by atoms with Gasteiger partial charge in [-0.2, -0.15) is 0 Å². The van der Waals surface area contributed by atoms with E-state index in [-0.39, 0.29) is 5.91 Å². The fraction of sp³-hybridized carbons (Fsp3) is 0.0714. The number of hydrogen-bond acceptors (Lipinski definition) is 3. The number of imidazole rings is 1. The minimum Gasteiger partial charge on any atom is -0.346 e. The lowest BCUT2D eigenvalue weighted by molar-refractivity contribution is 0.0950. The van der Waals surface area contributed by atoms with E-state index in [1.165, 1.54) is 0 Å². The van der Waals surface area contributed by atoms with Crippen molar-refractivity contribution in [3.8, 4) is 0 Å². The smallest absolute Gasteiger partial charge is 0.251 e. The lowest BCUT2D eigenvalue weighted by atomic mass is 10.2. The number of carbonyl (C=O) groups is 1. The molecule has 3 rings (SSSR count). The molecule has 0 aliphatic carbocycles. The molecule has 0 spiro atoms. The number of fused-ring (bicyclic) bond motifs is 1. The van der Waals surface area contributed by atoms with Crippen molar-refractivity contribution in [1.82, 2.24) is 19.7 Å². The van der Waals surface area contributed by atoms with Gasteiger partial charge in [-0.3, -0.25) is 9.78 Å². The third kappa shape index (κ3) is 2.44. The number of aromatic nitrogens is 3. The molecule has 1 amide bonds. The molecule has 0 radical (unpaired) electrons. The highest BCUT2D eigenvalue weighted by Crippen LogP contribution is 2.04. The van der Waals surface area contributed by atoms with Gasteiger partial charge in [-0.1, -0.05) is 6.07 Å². The number of carbonyl (C=O) groups excluding carboxylic acids is 1. The predicted molar refractivity (Wildman–Crippen MR) is 70.6 cm³/mol. The quantitative estimate of drug-likeness (QED) is 0.771. The van der Waals surface area contributed by atoms with Gasteiger partial charge < -0.3 is 9.72 Å². The highest BCUT2D eigenvalue weighted by atomic mass is 16.1. The highest BCUT2D eigenvalue weighted by molar-refractivity contribution is 5.93. The molecule has 0 fully saturated rings. The Morgan fingerprint density at radius 2 is 2.05 bits per heavy atom. The van der Waals surface area contributed by atoms with E-state index in [1.807, 2.05) is 35.0 Å². The summed E-state index contributed by atoms with van der Waals surface area (Å²) in [6, 6.07) is 9.15. The van der Waals surface area contributed by atoms with E-state index < -0.39 is 0 Å². The Morgan fingerprint density at radius 3 is 2.84 bits per heavy atom. The second kappa shape index (κ2) is 4.89. The fourth-order valence-corrected chi connectivity index (χ4v) is 1.85. The van der Waals surface area contributed by atoms with Crippen molar-refractivity contribution >= 4 is 11.6 Å². The molecule has 0 atom stereocenters. The summed E-state index contributed by atoms with van der Waals surface area (Å²) >= 11 is 0. The lowest BCUT2D eigenvalue weighted by Crippen LogP contribution is -2.22. The van der Waals surface area contributed by atoms with Gasteiger partial charge in [0.2, 0.25) is 0 Å². The van der Waals surface area contributed by atoms with E-state index >= 15 is 0 Å². The zero-order chi connectivity index (χ0) is 13.1. The van der Waals surface area contributed by atoms with E-state index in [9.17, 15) is 4.79 Å². The molecular weight excluding hydrogens is 240 g/mol. The topological polar surface area (TPSA) is 59.3 Å². The van der Waals surface area contributed by atoms with Crippen molar-refractivity contribution < 1.29 is 4.79 Å². The van der Waals surface area contributed by atoms with Gasteiger partial charge in [0.05, 0.1) is 12.2 Å². The van der Waals surface area contributed by atoms with Crippen LogP contribution in [0.25, 0.3) is 5.65 Å². The molecule has 3 aromatic heterocycles. The zero-order valence-electron chi connectivity index (χ0n) is 10.2. The van der Waals surface area contributed by atoms with E-state index in [0.29, 0.717) is 12.1 Å². The molecule has 0 saturated carbocycles. The number of pyridine rings is 2. The first-order valence-electron chi connectivity index (χ1n) is 5.94. The third-order valence-corrected chi connectivity index (χ3v) is 2.79. The van der Waals surface area contributed by atoms with Gasteiger partial charge in [-0.05, 0) is 24.3 Å². The number of hydrogen-bond donors (Lipinski definition) is 1. The molecule has 3 heterocycles. The number of nitrogens with one attached hydrogen (secondary N) is 1. The molecule has 5 nitrogen and oxygen atoms in total. The summed E-state index contributed by atoms with van der Waals surface area (Å²) in [7, 11) is 0. The second-order valence-corrected chi connectivity index (χ2v) is 4.12. The Hall–Kier alpha value is -2.69. The SMILES string of the molecule is O=C(NCc1cn2ccccc2n1)c1ccncc1. The fourth-order valence-electron chi connectivity index (χ4n) is 1.85. The standard InChI is InChI=1S/C14H12N4O/c19-14(11-4-6-15-7-5-11)16-9-12-10-18-8-2-1-3-13(18)17-12/h1-8,10H,9H2,(H,16,19). The number of amides is 1. The van der Waals surface area contributed by atoms with Gasteiger partial charge in [-0.15, -0.1) is 0 Å². The summed E-state index contributed by atoms with van der Waals surface area (Å²) in [5.74, 6) is -0.126. The van der Waals surface area contributed by atoms with Crippen LogP contribution in [-0.2, 0) is 6.54 Å². The van der Waals surface area contributed by atoms with Gasteiger partial charge in [0.25, 0.3) is 5.91 Å². The van der Waals surface area contributed by atoms with Crippen LogP contribution < -0.4 is 5.32 Å². The third-order valence-electron chi connectivity index (χ3n) is 2.79. The largest absolute Gasteiger partial charge is 0.346 e. The van der Waals surface area contributed by atoms with Crippen molar-refractivity contribution in [2.75, 3.05) is 0 Å². The summed E-state index contributed by atoms with van der Waals surface area (Å²) in [4.78, 5) is 20.2. The van der Waals surface area contributed by atoms with Crippen molar-refractivity contribution in [3.05, 3.63) is 66.4 Å². The first kappa shape index (κ1) is 11.4. The maximum absolute atomic E-state index is 11.9. The van der Waals surface area contributed by atoms with E-state index in [2.05, 4.69) is 15.3 Å². The van der Waals surface area contributed by atoms with Crippen LogP contribution in [0.2, 0.25) is 0 Å². The van der Waals surface area contributed by atoms with Gasteiger partial charge in [-0.25, -0.2) is 4.98 Å². The predicted octanol–water partition coefficient (Wildman–Crippen LogP) is 1.66. The molecule has 3 aromatic rings. The molecular formula is C14H12N4O. The van der Waals surface area contributed by atoms with E-state index in [0.717, 1.165) is 11.3 Å². The van der Waals surface area contributed by atoms with Crippen molar-refractivity contribution in [2.24, 2.45) is 0 Å². The monoisotopic (exact) mass is 252 g/mol. The minimum absolute atomic E-state index is 0.126. The summed E-state index contributed by atoms with van der Waals surface area (Å²) in [5, 5.41) is 2.83. The molecule has 94 valence electrons. The Labute approximate surface area is 109 Å². The van der Waals surface area contributed by atoms with Crippen LogP contribution in [0.4, 0.5) is 0 Å². The number of nitrogens with zero attached hydrogens (tertiary/aromatic N) is 3. The van der Waals surface area contributed by atoms with Crippen LogP contribution >= 0.6 is 0 Å². The first-order valence-corrected chi connectivity index (χ1v) is 5.94. The maximum atomic E-state index is 11.9. The molecule has 1 N–H and O–H groups in total. The summed E-state index contributed by atoms with van der Waals surface area (Å²) in [5.41, 5.74) is 2.29. The van der Waals surface area contributed by atoms with Gasteiger partial charge >= 0.3 is 0 Å². The van der Waals surface area contributed by atoms with Crippen LogP contribution in [0.1, 0.15) is 16.1 Å². The van der Waals surface area contributed by atoms with Crippen molar-refractivity contribution in [3.63, 3.8) is 0 Å². The normalized spacial score (nSPS) is 10.5. The molecule has 19 heavy (non-hydrogen) atoms. The molecule has 0 aromatic carbocycles. The maximum Gasteiger partial charge on any atom is 0.251 e. The summed E-state index contributed by atoms with van der Waals surface area (Å²) in [6.07, 6.45) is 7.03. The Kier molecular flexibility index (Phi) is 2.94. The molecule has 0 bridgehead atoms. The van der Waals surface area contributed by atoms with Crippen LogP contribution in [0.5, 0.6) is 0 Å². The Bertz CT molecular complexity index is 673. The minimum atomic E-state index is -0.126. The molecule has 0 saturated heterocycles. The van der Waals surface area contributed by atoms with Crippen LogP contribution in [0.15, 0.2) is 55.1 Å². The Balaban J connectivity index is 1.71. The molecule has 0 unspecified atom stereocenters. The molecule has 0 aliphatic rings. The summed E-state index contributed by atoms with van der Waals surface area (Å²) in [6.45, 7) is 0.406. The van der Waals surface area contributed by atoms with Crippen molar-refractivity contribution in [2.45, 2.75) is 6.54 Å².